The molecule has 2 aliphatic rings. The number of aromatic nitrogens is 1. The number of nitrogens with zero attached hydrogens (tertiary/aromatic N) is 1. The fourth-order valence-electron chi connectivity index (χ4n) is 5.31. The van der Waals surface area contributed by atoms with E-state index in [0.29, 0.717) is 17.2 Å². The van der Waals surface area contributed by atoms with Gasteiger partial charge in [0.2, 0.25) is 0 Å². The molecule has 4 rings (SSSR count). The number of nitrogens with one attached hydrogen (secondary N) is 2. The highest BCUT2D eigenvalue weighted by Crippen LogP contribution is 2.32. The van der Waals surface area contributed by atoms with Gasteiger partial charge in [-0.25, -0.2) is 8.78 Å². The van der Waals surface area contributed by atoms with Crippen molar-refractivity contribution in [3.63, 3.8) is 0 Å². The molecular formula is C29H40F2N4O2. The average Bonchev–Trinajstić information content (AvgIpc) is 2.89. The maximum Gasteiger partial charge on any atom is 0.253 e. The smallest absolute Gasteiger partial charge is 0.253 e. The lowest BCUT2D eigenvalue weighted by Gasteiger charge is -2.37. The van der Waals surface area contributed by atoms with Gasteiger partial charge in [-0.1, -0.05) is 37.5 Å². The Hall–Kier alpha value is -3.00. The van der Waals surface area contributed by atoms with Gasteiger partial charge in [0, 0.05) is 41.6 Å². The van der Waals surface area contributed by atoms with Crippen LogP contribution in [0.4, 0.5) is 14.5 Å². The van der Waals surface area contributed by atoms with Gasteiger partial charge >= 0.3 is 0 Å². The number of carbonyl (C=O) groups is 1. The molecule has 4 N–H and O–H groups in total. The minimum absolute atomic E-state index is 0.107. The van der Waals surface area contributed by atoms with Crippen LogP contribution in [-0.2, 0) is 19.4 Å². The number of benzene rings is 1. The van der Waals surface area contributed by atoms with Gasteiger partial charge < -0.3 is 20.9 Å². The van der Waals surface area contributed by atoms with Crippen molar-refractivity contribution < 1.29 is 13.6 Å². The number of anilines is 1. The van der Waals surface area contributed by atoms with E-state index in [2.05, 4.69) is 46.1 Å². The summed E-state index contributed by atoms with van der Waals surface area (Å²) in [6, 6.07) is 8.66. The molecule has 8 heteroatoms. The third-order valence-corrected chi connectivity index (χ3v) is 7.10. The molecule has 1 aromatic carbocycles. The van der Waals surface area contributed by atoms with Gasteiger partial charge in [0.25, 0.3) is 17.9 Å². The summed E-state index contributed by atoms with van der Waals surface area (Å²) < 4.78 is 21.3. The molecule has 6 nitrogen and oxygen atoms in total. The molecule has 37 heavy (non-hydrogen) atoms. The first kappa shape index (κ1) is 28.6. The minimum Gasteiger partial charge on any atom is -0.369 e. The fraction of sp³-hybridized carbons (Fsp3) is 0.517. The molecule has 0 unspecified atom stereocenters. The van der Waals surface area contributed by atoms with Gasteiger partial charge in [0.15, 0.2) is 0 Å². The molecule has 1 aromatic heterocycles. The molecule has 1 fully saturated rings. The molecular weight excluding hydrogens is 474 g/mol. The number of allylic oxidation sites excluding steroid dienone is 2. The van der Waals surface area contributed by atoms with Crippen LogP contribution in [0.15, 0.2) is 41.2 Å². The summed E-state index contributed by atoms with van der Waals surface area (Å²) in [5.74, 6) is -0.110. The van der Waals surface area contributed by atoms with Gasteiger partial charge in [-0.15, -0.1) is 0 Å². The van der Waals surface area contributed by atoms with Gasteiger partial charge in [0.1, 0.15) is 0 Å². The largest absolute Gasteiger partial charge is 0.369 e. The maximum atomic E-state index is 13.3. The van der Waals surface area contributed by atoms with Crippen LogP contribution in [0.1, 0.15) is 78.2 Å². The summed E-state index contributed by atoms with van der Waals surface area (Å²) in [5, 5.41) is 3.04. The highest BCUT2D eigenvalue weighted by molar-refractivity contribution is 5.97. The van der Waals surface area contributed by atoms with E-state index in [1.165, 1.54) is 37.8 Å². The SMILES string of the molecule is CCN(c1cccc2c1C/C=C/CCc1cc(C)[nH]c(=O)c1CNC2=O)C1CCCCC1.NCC(F)F. The Morgan fingerprint density at radius 1 is 1.11 bits per heavy atom. The first-order valence-corrected chi connectivity index (χ1v) is 13.4. The van der Waals surface area contributed by atoms with E-state index in [1.54, 1.807) is 0 Å². The number of aryl methyl sites for hydroxylation is 2. The number of carbonyl (C=O) groups excluding carboxylic acids is 1. The molecule has 0 radical (unpaired) electrons. The van der Waals surface area contributed by atoms with E-state index in [-0.39, 0.29) is 18.0 Å². The number of nitrogens with two attached hydrogens (primary N) is 1. The van der Waals surface area contributed by atoms with E-state index in [0.717, 1.165) is 42.6 Å². The van der Waals surface area contributed by atoms with Crippen LogP contribution in [0.2, 0.25) is 0 Å². The van der Waals surface area contributed by atoms with Crippen molar-refractivity contribution in [3.05, 3.63) is 74.7 Å². The third-order valence-electron chi connectivity index (χ3n) is 7.10. The summed E-state index contributed by atoms with van der Waals surface area (Å²) >= 11 is 0. The van der Waals surface area contributed by atoms with Crippen LogP contribution in [0, 0.1) is 6.92 Å². The summed E-state index contributed by atoms with van der Waals surface area (Å²) in [6.45, 7) is 4.77. The molecule has 1 aliphatic heterocycles. The van der Waals surface area contributed by atoms with Crippen molar-refractivity contribution >= 4 is 11.6 Å². The molecule has 2 aromatic rings. The van der Waals surface area contributed by atoms with Crippen LogP contribution in [0.3, 0.4) is 0 Å². The molecule has 0 bridgehead atoms. The molecule has 0 spiro atoms. The number of aromatic amines is 1. The van der Waals surface area contributed by atoms with E-state index < -0.39 is 13.0 Å². The van der Waals surface area contributed by atoms with Crippen LogP contribution in [0.5, 0.6) is 0 Å². The van der Waals surface area contributed by atoms with Gasteiger partial charge in [-0.2, -0.15) is 0 Å². The molecule has 1 aliphatic carbocycles. The van der Waals surface area contributed by atoms with Crippen molar-refractivity contribution in [2.45, 2.75) is 84.2 Å². The zero-order valence-corrected chi connectivity index (χ0v) is 22.0. The predicted molar refractivity (Wildman–Crippen MR) is 146 cm³/mol. The van der Waals surface area contributed by atoms with E-state index in [4.69, 9.17) is 0 Å². The lowest BCUT2D eigenvalue weighted by Crippen LogP contribution is -2.38. The Morgan fingerprint density at radius 3 is 2.51 bits per heavy atom. The summed E-state index contributed by atoms with van der Waals surface area (Å²) in [4.78, 5) is 31.3. The summed E-state index contributed by atoms with van der Waals surface area (Å²) in [6.07, 6.45) is 10.8. The van der Waals surface area contributed by atoms with Gasteiger partial charge in [-0.05, 0) is 75.3 Å². The topological polar surface area (TPSA) is 91.2 Å². The Bertz CT molecular complexity index is 1120. The van der Waals surface area contributed by atoms with E-state index >= 15 is 0 Å². The van der Waals surface area contributed by atoms with Crippen molar-refractivity contribution in [1.82, 2.24) is 10.3 Å². The number of fused-ring (bicyclic) bond motifs is 2. The summed E-state index contributed by atoms with van der Waals surface area (Å²) in [5.41, 5.74) is 9.83. The second-order valence-corrected chi connectivity index (χ2v) is 9.69. The molecule has 0 atom stereocenters. The normalized spacial score (nSPS) is 17.3. The first-order chi connectivity index (χ1) is 17.8. The quantitative estimate of drug-likeness (QED) is 0.499. The molecule has 1 saturated carbocycles. The van der Waals surface area contributed by atoms with Crippen molar-refractivity contribution in [3.8, 4) is 0 Å². The molecule has 0 saturated heterocycles. The summed E-state index contributed by atoms with van der Waals surface area (Å²) in [7, 11) is 0. The van der Waals surface area contributed by atoms with Gasteiger partial charge in [-0.3, -0.25) is 9.59 Å². The van der Waals surface area contributed by atoms with Crippen molar-refractivity contribution in [2.75, 3.05) is 18.0 Å². The van der Waals surface area contributed by atoms with Crippen LogP contribution in [-0.4, -0.2) is 36.4 Å². The van der Waals surface area contributed by atoms with Crippen LogP contribution >= 0.6 is 0 Å². The molecule has 202 valence electrons. The Balaban J connectivity index is 0.000000695. The molecule has 2 heterocycles. The Kier molecular flexibility index (Phi) is 10.9. The number of H-pyrrole nitrogens is 1. The Morgan fingerprint density at radius 2 is 1.84 bits per heavy atom. The number of rotatable bonds is 4. The second kappa shape index (κ2) is 14.1. The highest BCUT2D eigenvalue weighted by atomic mass is 19.3. The number of hydrogen-bond donors (Lipinski definition) is 3. The maximum absolute atomic E-state index is 13.3. The highest BCUT2D eigenvalue weighted by Gasteiger charge is 2.24. The van der Waals surface area contributed by atoms with E-state index in [1.807, 2.05) is 25.1 Å². The Labute approximate surface area is 218 Å². The van der Waals surface area contributed by atoms with Crippen molar-refractivity contribution in [2.24, 2.45) is 5.73 Å². The standard InChI is InChI=1S/C27H35N3O2.C2H5F2N/c1-3-30(21-12-7-5-8-13-21)25-16-10-15-23-22(25)14-9-4-6-11-20-17-19(2)29-27(32)24(20)18-28-26(23)31;3-2(4)1-5/h4,9-10,15-17,21H,3,5-8,11-14,18H2,1-2H3,(H,28,31)(H,29,32);2H,1,5H2/b9-4+;. The monoisotopic (exact) mass is 514 g/mol. The van der Waals surface area contributed by atoms with Crippen molar-refractivity contribution in [1.29, 1.82) is 0 Å². The average molecular weight is 515 g/mol. The van der Waals surface area contributed by atoms with Crippen LogP contribution in [0.25, 0.3) is 0 Å². The lowest BCUT2D eigenvalue weighted by atomic mass is 9.92. The molecule has 1 amide bonds. The fourth-order valence-corrected chi connectivity index (χ4v) is 5.31. The zero-order chi connectivity index (χ0) is 26.8. The van der Waals surface area contributed by atoms with Crippen LogP contribution < -0.4 is 21.5 Å². The number of amides is 1. The zero-order valence-electron chi connectivity index (χ0n) is 22.0. The predicted octanol–water partition coefficient (Wildman–Crippen LogP) is 5.03. The second-order valence-electron chi connectivity index (χ2n) is 9.69. The van der Waals surface area contributed by atoms with Gasteiger partial charge in [0.05, 0.1) is 6.54 Å². The first-order valence-electron chi connectivity index (χ1n) is 13.4. The number of pyridine rings is 1. The number of alkyl halides is 2. The third kappa shape index (κ3) is 7.74. The number of halogens is 2. The lowest BCUT2D eigenvalue weighted by molar-refractivity contribution is 0.0950. The minimum atomic E-state index is -2.34. The number of hydrogen-bond acceptors (Lipinski definition) is 4. The van der Waals surface area contributed by atoms with E-state index in [9.17, 15) is 18.4 Å².